The van der Waals surface area contributed by atoms with Gasteiger partial charge in [0.2, 0.25) is 11.2 Å². The molecule has 9 heteroatoms. The van der Waals surface area contributed by atoms with E-state index in [2.05, 4.69) is 0 Å². The summed E-state index contributed by atoms with van der Waals surface area (Å²) in [6.07, 6.45) is 6.36. The summed E-state index contributed by atoms with van der Waals surface area (Å²) in [6, 6.07) is 11.0. The number of hydrogen-bond acceptors (Lipinski definition) is 9. The lowest BCUT2D eigenvalue weighted by Gasteiger charge is -2.37. The average Bonchev–Trinajstić information content (AvgIpc) is 3.45. The van der Waals surface area contributed by atoms with Crippen LogP contribution in [-0.2, 0) is 0 Å². The summed E-state index contributed by atoms with van der Waals surface area (Å²) in [5.41, 5.74) is 2.81. The molecule has 0 radical (unpaired) electrons. The minimum Gasteiger partial charge on any atom is -0.508 e. The topological polar surface area (TPSA) is 169 Å². The zero-order valence-electron chi connectivity index (χ0n) is 23.9. The van der Waals surface area contributed by atoms with Gasteiger partial charge in [0.05, 0.1) is 10.9 Å². The molecule has 3 atom stereocenters. The van der Waals surface area contributed by atoms with E-state index in [0.29, 0.717) is 29.5 Å². The summed E-state index contributed by atoms with van der Waals surface area (Å²) in [6.45, 7) is 3.57. The van der Waals surface area contributed by atoms with Crippen LogP contribution in [0, 0.1) is 18.8 Å². The van der Waals surface area contributed by atoms with E-state index >= 15 is 0 Å². The maximum atomic E-state index is 14.3. The normalized spacial score (nSPS) is 19.9. The van der Waals surface area contributed by atoms with Crippen molar-refractivity contribution < 1.29 is 39.9 Å². The lowest BCUT2D eigenvalue weighted by atomic mass is 9.65. The monoisotopic (exact) mass is 594 g/mol. The van der Waals surface area contributed by atoms with Crippen LogP contribution in [0.25, 0.3) is 16.5 Å². The van der Waals surface area contributed by atoms with E-state index in [1.54, 1.807) is 25.1 Å². The maximum absolute atomic E-state index is 14.3. The molecule has 0 spiro atoms. The van der Waals surface area contributed by atoms with Crippen molar-refractivity contribution >= 4 is 22.3 Å². The van der Waals surface area contributed by atoms with Gasteiger partial charge in [0, 0.05) is 29.5 Å². The number of aryl methyl sites for hydroxylation is 1. The highest BCUT2D eigenvalue weighted by atomic mass is 16.4. The van der Waals surface area contributed by atoms with E-state index < -0.39 is 28.9 Å². The number of ketones is 1. The van der Waals surface area contributed by atoms with Gasteiger partial charge in [-0.25, -0.2) is 0 Å². The van der Waals surface area contributed by atoms with Crippen molar-refractivity contribution in [1.29, 1.82) is 0 Å². The van der Waals surface area contributed by atoms with Crippen LogP contribution >= 0.6 is 0 Å². The molecule has 0 saturated carbocycles. The molecule has 1 heterocycles. The van der Waals surface area contributed by atoms with Crippen molar-refractivity contribution in [3.63, 3.8) is 0 Å². The molecular weight excluding hydrogens is 564 g/mol. The summed E-state index contributed by atoms with van der Waals surface area (Å²) < 4.78 is 5.95. The molecule has 44 heavy (non-hydrogen) atoms. The quantitative estimate of drug-likeness (QED) is 0.0882. The van der Waals surface area contributed by atoms with Crippen molar-refractivity contribution in [2.24, 2.45) is 11.8 Å². The molecule has 0 fully saturated rings. The Bertz CT molecular complexity index is 2010. The van der Waals surface area contributed by atoms with Crippen molar-refractivity contribution in [2.75, 3.05) is 0 Å². The molecule has 3 unspecified atom stereocenters. The second-order valence-electron chi connectivity index (χ2n) is 11.5. The Labute approximate surface area is 251 Å². The second-order valence-corrected chi connectivity index (χ2v) is 11.5. The van der Waals surface area contributed by atoms with Gasteiger partial charge in [-0.05, 0) is 74.1 Å². The van der Waals surface area contributed by atoms with E-state index in [1.165, 1.54) is 36.4 Å². The smallest absolute Gasteiger partial charge is 0.235 e. The number of carbonyl (C=O) groups excluding carboxylic acids is 1. The van der Waals surface area contributed by atoms with Crippen molar-refractivity contribution in [2.45, 2.75) is 32.6 Å². The number of Topliss-reactive ketones (excluding diaryl/α,β-unsaturated/α-hetero) is 1. The maximum Gasteiger partial charge on any atom is 0.235 e. The Kier molecular flexibility index (Phi) is 6.96. The van der Waals surface area contributed by atoms with Gasteiger partial charge in [0.15, 0.2) is 23.0 Å². The fraction of sp³-hybridized carbons (Fsp3) is 0.200. The standard InChI is InChI=1S/C35H30O9/c1-16-9-24(18-3-4-20(12-18)35-34(43)33(42)30-17(2)11-22(37)15-29(30)44-35)31(32(41)23-7-6-21(36)14-27(23)39)25(10-16)19-5-8-26(38)28(40)13-19/h4-9,11-15,24-25,31,36-40,43H,3,10H2,1-2H3. The summed E-state index contributed by atoms with van der Waals surface area (Å²) in [5, 5.41) is 61.8. The predicted octanol–water partition coefficient (Wildman–Crippen LogP) is 6.30. The molecule has 4 aromatic rings. The number of fused-ring (bicyclic) bond motifs is 1. The molecule has 1 aromatic heterocycles. The van der Waals surface area contributed by atoms with E-state index in [-0.39, 0.29) is 56.8 Å². The molecule has 6 rings (SSSR count). The first-order valence-electron chi connectivity index (χ1n) is 14.1. The lowest BCUT2D eigenvalue weighted by Crippen LogP contribution is -2.33. The summed E-state index contributed by atoms with van der Waals surface area (Å²) in [4.78, 5) is 27.3. The molecule has 224 valence electrons. The number of phenolic OH excluding ortho intramolecular Hbond substituents is 5. The third kappa shape index (κ3) is 4.86. The van der Waals surface area contributed by atoms with E-state index in [0.717, 1.165) is 17.2 Å². The van der Waals surface area contributed by atoms with E-state index in [9.17, 15) is 40.2 Å². The van der Waals surface area contributed by atoms with Crippen LogP contribution in [0.2, 0.25) is 0 Å². The first-order valence-corrected chi connectivity index (χ1v) is 14.1. The summed E-state index contributed by atoms with van der Waals surface area (Å²) >= 11 is 0. The number of aromatic hydroxyl groups is 6. The molecule has 0 amide bonds. The van der Waals surface area contributed by atoms with E-state index in [4.69, 9.17) is 4.42 Å². The number of allylic oxidation sites excluding steroid dienone is 6. The lowest BCUT2D eigenvalue weighted by molar-refractivity contribution is 0.0864. The minimum atomic E-state index is -0.770. The number of carbonyl (C=O) groups is 1. The highest BCUT2D eigenvalue weighted by Crippen LogP contribution is 2.49. The number of phenols is 5. The molecule has 6 N–H and O–H groups in total. The van der Waals surface area contributed by atoms with Gasteiger partial charge >= 0.3 is 0 Å². The van der Waals surface area contributed by atoms with Crippen LogP contribution in [0.3, 0.4) is 0 Å². The van der Waals surface area contributed by atoms with Gasteiger partial charge in [0.1, 0.15) is 22.8 Å². The Balaban J connectivity index is 1.47. The Morgan fingerprint density at radius 3 is 2.36 bits per heavy atom. The van der Waals surface area contributed by atoms with Gasteiger partial charge in [-0.3, -0.25) is 9.59 Å². The molecule has 0 aliphatic heterocycles. The first-order chi connectivity index (χ1) is 20.9. The summed E-state index contributed by atoms with van der Waals surface area (Å²) in [5.74, 6) is -3.99. The average molecular weight is 595 g/mol. The van der Waals surface area contributed by atoms with Gasteiger partial charge in [0.25, 0.3) is 0 Å². The highest BCUT2D eigenvalue weighted by Gasteiger charge is 2.41. The number of rotatable bonds is 5. The molecule has 2 aliphatic carbocycles. The molecule has 9 nitrogen and oxygen atoms in total. The van der Waals surface area contributed by atoms with Gasteiger partial charge in [-0.15, -0.1) is 0 Å². The predicted molar refractivity (Wildman–Crippen MR) is 163 cm³/mol. The van der Waals surface area contributed by atoms with Crippen LogP contribution < -0.4 is 5.43 Å². The van der Waals surface area contributed by atoms with Crippen LogP contribution in [0.1, 0.15) is 52.9 Å². The molecule has 0 saturated heterocycles. The molecular formula is C35H30O9. The Morgan fingerprint density at radius 1 is 0.864 bits per heavy atom. The third-order valence-electron chi connectivity index (χ3n) is 8.55. The second kappa shape index (κ2) is 10.7. The highest BCUT2D eigenvalue weighted by molar-refractivity contribution is 6.02. The van der Waals surface area contributed by atoms with Crippen molar-refractivity contribution in [3.05, 3.63) is 111 Å². The van der Waals surface area contributed by atoms with Gasteiger partial charge < -0.3 is 35.1 Å². The fourth-order valence-electron chi connectivity index (χ4n) is 6.51. The SMILES string of the molecule is CC1=CC(C2=CC(c3oc4cc(O)cc(C)c4c(=O)c3O)=CC2)C(C(=O)c2ccc(O)cc2O)C(c2ccc(O)c(O)c2)C1. The van der Waals surface area contributed by atoms with Crippen molar-refractivity contribution in [1.82, 2.24) is 0 Å². The fourth-order valence-corrected chi connectivity index (χ4v) is 6.51. The minimum absolute atomic E-state index is 0.0267. The molecule has 3 aromatic carbocycles. The van der Waals surface area contributed by atoms with Crippen LogP contribution in [0.15, 0.2) is 87.1 Å². The molecule has 2 aliphatic rings. The van der Waals surface area contributed by atoms with Gasteiger partial charge in [-0.2, -0.15) is 0 Å². The third-order valence-corrected chi connectivity index (χ3v) is 8.55. The van der Waals surface area contributed by atoms with Crippen LogP contribution in [-0.4, -0.2) is 36.4 Å². The summed E-state index contributed by atoms with van der Waals surface area (Å²) in [7, 11) is 0. The van der Waals surface area contributed by atoms with Crippen LogP contribution in [0.5, 0.6) is 34.5 Å². The Hall–Kier alpha value is -5.44. The van der Waals surface area contributed by atoms with Crippen LogP contribution in [0.4, 0.5) is 0 Å². The largest absolute Gasteiger partial charge is 0.508 e. The van der Waals surface area contributed by atoms with Gasteiger partial charge in [-0.1, -0.05) is 35.4 Å². The molecule has 0 bridgehead atoms. The first kappa shape index (κ1) is 28.7. The zero-order valence-corrected chi connectivity index (χ0v) is 23.9. The van der Waals surface area contributed by atoms with E-state index in [1.807, 2.05) is 13.0 Å². The zero-order chi connectivity index (χ0) is 31.4. The van der Waals surface area contributed by atoms with Crippen molar-refractivity contribution in [3.8, 4) is 34.5 Å². The number of benzene rings is 3. The Morgan fingerprint density at radius 2 is 1.64 bits per heavy atom. The number of hydrogen-bond donors (Lipinski definition) is 6.